The van der Waals surface area contributed by atoms with E-state index in [4.69, 9.17) is 14.2 Å². The highest BCUT2D eigenvalue weighted by Crippen LogP contribution is 2.42. The fourth-order valence-corrected chi connectivity index (χ4v) is 3.26. The van der Waals surface area contributed by atoms with Crippen molar-refractivity contribution in [2.45, 2.75) is 13.1 Å². The molecule has 0 spiro atoms. The van der Waals surface area contributed by atoms with Crippen LogP contribution in [0.3, 0.4) is 0 Å². The van der Waals surface area contributed by atoms with Crippen molar-refractivity contribution in [2.24, 2.45) is 0 Å². The van der Waals surface area contributed by atoms with Crippen LogP contribution < -0.4 is 14.2 Å². The molecule has 140 valence electrons. The zero-order valence-electron chi connectivity index (χ0n) is 15.8. The number of imidazole rings is 1. The maximum Gasteiger partial charge on any atom is 0.231 e. The van der Waals surface area contributed by atoms with Gasteiger partial charge in [0, 0.05) is 31.5 Å². The van der Waals surface area contributed by atoms with Crippen molar-refractivity contribution in [1.29, 1.82) is 0 Å². The maximum atomic E-state index is 5.56. The zero-order chi connectivity index (χ0) is 18.8. The first kappa shape index (κ1) is 17.4. The molecule has 6 heteroatoms. The van der Waals surface area contributed by atoms with Gasteiger partial charge in [0.1, 0.15) is 11.6 Å². The SMILES string of the molecule is COc1cc2c(cc1-c1nccn1Cc1ccc(CN(C)C)cc1)OCO2. The first-order chi connectivity index (χ1) is 13.1. The zero-order valence-corrected chi connectivity index (χ0v) is 15.8. The quantitative estimate of drug-likeness (QED) is 0.670. The lowest BCUT2D eigenvalue weighted by Gasteiger charge is -2.13. The van der Waals surface area contributed by atoms with Crippen molar-refractivity contribution in [1.82, 2.24) is 14.5 Å². The Balaban J connectivity index is 1.62. The van der Waals surface area contributed by atoms with Gasteiger partial charge in [-0.05, 0) is 31.3 Å². The Morgan fingerprint density at radius 2 is 1.78 bits per heavy atom. The lowest BCUT2D eigenvalue weighted by molar-refractivity contribution is 0.174. The van der Waals surface area contributed by atoms with Crippen LogP contribution in [0.1, 0.15) is 11.1 Å². The molecule has 2 heterocycles. The minimum Gasteiger partial charge on any atom is -0.496 e. The summed E-state index contributed by atoms with van der Waals surface area (Å²) in [5, 5.41) is 0. The molecule has 27 heavy (non-hydrogen) atoms. The number of hydrogen-bond donors (Lipinski definition) is 0. The van der Waals surface area contributed by atoms with Crippen LogP contribution in [0.25, 0.3) is 11.4 Å². The number of hydrogen-bond acceptors (Lipinski definition) is 5. The number of rotatable bonds is 6. The average molecular weight is 365 g/mol. The van der Waals surface area contributed by atoms with Crippen molar-refractivity contribution in [2.75, 3.05) is 28.0 Å². The van der Waals surface area contributed by atoms with E-state index in [1.54, 1.807) is 13.3 Å². The Morgan fingerprint density at radius 1 is 1.07 bits per heavy atom. The minimum absolute atomic E-state index is 0.232. The molecule has 0 N–H and O–H groups in total. The van der Waals surface area contributed by atoms with Crippen molar-refractivity contribution in [3.8, 4) is 28.6 Å². The number of fused-ring (bicyclic) bond motifs is 1. The van der Waals surface area contributed by atoms with E-state index < -0.39 is 0 Å². The molecule has 1 aliphatic rings. The summed E-state index contributed by atoms with van der Waals surface area (Å²) in [4.78, 5) is 6.72. The molecule has 0 fully saturated rings. The molecule has 1 aromatic heterocycles. The molecule has 0 bridgehead atoms. The molecule has 0 radical (unpaired) electrons. The minimum atomic E-state index is 0.232. The molecule has 0 saturated heterocycles. The second-order valence-corrected chi connectivity index (χ2v) is 6.84. The van der Waals surface area contributed by atoms with Crippen LogP contribution in [0, 0.1) is 0 Å². The van der Waals surface area contributed by atoms with Gasteiger partial charge in [-0.25, -0.2) is 4.98 Å². The van der Waals surface area contributed by atoms with Crippen molar-refractivity contribution >= 4 is 0 Å². The fourth-order valence-electron chi connectivity index (χ4n) is 3.26. The summed E-state index contributed by atoms with van der Waals surface area (Å²) in [5.74, 6) is 2.97. The summed E-state index contributed by atoms with van der Waals surface area (Å²) in [7, 11) is 5.80. The number of methoxy groups -OCH3 is 1. The number of aromatic nitrogens is 2. The van der Waals surface area contributed by atoms with E-state index in [1.165, 1.54) is 11.1 Å². The predicted octanol–water partition coefficient (Wildman–Crippen LogP) is 3.40. The van der Waals surface area contributed by atoms with Crippen LogP contribution >= 0.6 is 0 Å². The molecule has 0 amide bonds. The number of nitrogens with zero attached hydrogens (tertiary/aromatic N) is 3. The number of ether oxygens (including phenoxy) is 3. The van der Waals surface area contributed by atoms with E-state index in [0.717, 1.165) is 24.5 Å². The Bertz CT molecular complexity index is 932. The van der Waals surface area contributed by atoms with E-state index in [9.17, 15) is 0 Å². The topological polar surface area (TPSA) is 48.8 Å². The monoisotopic (exact) mass is 365 g/mol. The summed E-state index contributed by atoms with van der Waals surface area (Å²) in [6.07, 6.45) is 3.78. The Labute approximate surface area is 158 Å². The van der Waals surface area contributed by atoms with Gasteiger partial charge in [0.15, 0.2) is 11.5 Å². The van der Waals surface area contributed by atoms with E-state index in [1.807, 2.05) is 18.3 Å². The summed E-state index contributed by atoms with van der Waals surface area (Å²) in [6, 6.07) is 12.5. The third-order valence-corrected chi connectivity index (χ3v) is 4.53. The summed E-state index contributed by atoms with van der Waals surface area (Å²) in [6.45, 7) is 1.90. The Kier molecular flexibility index (Phi) is 4.73. The molecule has 1 aliphatic heterocycles. The second kappa shape index (κ2) is 7.32. The van der Waals surface area contributed by atoms with Gasteiger partial charge in [-0.2, -0.15) is 0 Å². The van der Waals surface area contributed by atoms with Crippen LogP contribution in [0.15, 0.2) is 48.8 Å². The molecule has 3 aromatic rings. The normalized spacial score (nSPS) is 12.6. The lowest BCUT2D eigenvalue weighted by atomic mass is 10.1. The predicted molar refractivity (Wildman–Crippen MR) is 103 cm³/mol. The third-order valence-electron chi connectivity index (χ3n) is 4.53. The molecular weight excluding hydrogens is 342 g/mol. The van der Waals surface area contributed by atoms with Crippen LogP contribution in [-0.2, 0) is 13.1 Å². The standard InChI is InChI=1S/C21H23N3O3/c1-23(2)12-15-4-6-16(7-5-15)13-24-9-8-22-21(24)17-10-19-20(27-14-26-19)11-18(17)25-3/h4-11H,12-14H2,1-3H3. The highest BCUT2D eigenvalue weighted by molar-refractivity contribution is 5.70. The molecule has 6 nitrogen and oxygen atoms in total. The molecule has 0 atom stereocenters. The van der Waals surface area contributed by atoms with Gasteiger partial charge in [-0.3, -0.25) is 0 Å². The molecule has 2 aromatic carbocycles. The van der Waals surface area contributed by atoms with Gasteiger partial charge in [0.2, 0.25) is 6.79 Å². The maximum absolute atomic E-state index is 5.56. The van der Waals surface area contributed by atoms with E-state index in [-0.39, 0.29) is 6.79 Å². The largest absolute Gasteiger partial charge is 0.496 e. The van der Waals surface area contributed by atoms with Crippen LogP contribution in [0.4, 0.5) is 0 Å². The van der Waals surface area contributed by atoms with Gasteiger partial charge in [-0.1, -0.05) is 24.3 Å². The smallest absolute Gasteiger partial charge is 0.231 e. The van der Waals surface area contributed by atoms with Gasteiger partial charge < -0.3 is 23.7 Å². The Hall–Kier alpha value is -2.99. The van der Waals surface area contributed by atoms with E-state index in [0.29, 0.717) is 17.2 Å². The van der Waals surface area contributed by atoms with Gasteiger partial charge in [0.05, 0.1) is 12.7 Å². The third kappa shape index (κ3) is 3.61. The molecular formula is C21H23N3O3. The summed E-state index contributed by atoms with van der Waals surface area (Å²) in [5.41, 5.74) is 3.40. The lowest BCUT2D eigenvalue weighted by Crippen LogP contribution is -2.10. The van der Waals surface area contributed by atoms with Crippen molar-refractivity contribution in [3.63, 3.8) is 0 Å². The second-order valence-electron chi connectivity index (χ2n) is 6.84. The fraction of sp³-hybridized carbons (Fsp3) is 0.286. The first-order valence-corrected chi connectivity index (χ1v) is 8.85. The van der Waals surface area contributed by atoms with Crippen LogP contribution in [0.5, 0.6) is 17.2 Å². The van der Waals surface area contributed by atoms with Gasteiger partial charge in [-0.15, -0.1) is 0 Å². The number of benzene rings is 2. The van der Waals surface area contributed by atoms with Gasteiger partial charge >= 0.3 is 0 Å². The van der Waals surface area contributed by atoms with E-state index >= 15 is 0 Å². The van der Waals surface area contributed by atoms with Crippen molar-refractivity contribution < 1.29 is 14.2 Å². The van der Waals surface area contributed by atoms with E-state index in [2.05, 4.69) is 52.8 Å². The first-order valence-electron chi connectivity index (χ1n) is 8.85. The molecule has 0 aliphatic carbocycles. The Morgan fingerprint density at radius 3 is 2.48 bits per heavy atom. The van der Waals surface area contributed by atoms with Crippen LogP contribution in [-0.4, -0.2) is 42.4 Å². The highest BCUT2D eigenvalue weighted by atomic mass is 16.7. The summed E-state index contributed by atoms with van der Waals surface area (Å²) < 4.78 is 18.6. The average Bonchev–Trinajstić information content (AvgIpc) is 3.30. The molecule has 0 unspecified atom stereocenters. The summed E-state index contributed by atoms with van der Waals surface area (Å²) >= 11 is 0. The van der Waals surface area contributed by atoms with Gasteiger partial charge in [0.25, 0.3) is 0 Å². The highest BCUT2D eigenvalue weighted by Gasteiger charge is 2.21. The van der Waals surface area contributed by atoms with Crippen LogP contribution in [0.2, 0.25) is 0 Å². The molecule has 4 rings (SSSR count). The molecule has 0 saturated carbocycles. The van der Waals surface area contributed by atoms with Crippen molar-refractivity contribution in [3.05, 3.63) is 59.9 Å².